The molecule has 0 bridgehead atoms. The Morgan fingerprint density at radius 3 is 2.50 bits per heavy atom. The first-order chi connectivity index (χ1) is 8.70. The van der Waals surface area contributed by atoms with Gasteiger partial charge in [0.25, 0.3) is 0 Å². The van der Waals surface area contributed by atoms with Crippen LogP contribution in [0.25, 0.3) is 0 Å². The molecule has 0 spiro atoms. The van der Waals surface area contributed by atoms with E-state index in [-0.39, 0.29) is 18.7 Å². The molecule has 0 amide bonds. The van der Waals surface area contributed by atoms with Crippen molar-refractivity contribution in [2.45, 2.75) is 19.0 Å². The average Bonchev–Trinajstić information content (AvgIpc) is 2.83. The Morgan fingerprint density at radius 2 is 1.94 bits per heavy atom. The lowest BCUT2D eigenvalue weighted by Gasteiger charge is -2.20. The van der Waals surface area contributed by atoms with Crippen molar-refractivity contribution in [3.8, 4) is 0 Å². The van der Waals surface area contributed by atoms with Crippen LogP contribution in [0.1, 0.15) is 30.3 Å². The normalized spacial score (nSPS) is 14.4. The third-order valence-electron chi connectivity index (χ3n) is 2.86. The van der Waals surface area contributed by atoms with Crippen LogP contribution in [-0.4, -0.2) is 11.7 Å². The van der Waals surface area contributed by atoms with E-state index in [4.69, 9.17) is 4.42 Å². The summed E-state index contributed by atoms with van der Waals surface area (Å²) in [4.78, 5) is 0. The topological polar surface area (TPSA) is 45.4 Å². The first kappa shape index (κ1) is 13.3. The molecule has 0 saturated carbocycles. The highest BCUT2D eigenvalue weighted by molar-refractivity contribution is 9.10. The molecule has 96 valence electrons. The number of furan rings is 1. The van der Waals surface area contributed by atoms with E-state index in [2.05, 4.69) is 21.2 Å². The number of hydrogen-bond donors (Lipinski definition) is 2. The number of benzene rings is 1. The zero-order chi connectivity index (χ0) is 13.0. The smallest absolute Gasteiger partial charge is 0.169 e. The van der Waals surface area contributed by atoms with E-state index in [0.717, 1.165) is 11.3 Å². The summed E-state index contributed by atoms with van der Waals surface area (Å²) in [6.45, 7) is 2.06. The molecule has 0 radical (unpaired) electrons. The van der Waals surface area contributed by atoms with Gasteiger partial charge in [0, 0.05) is 0 Å². The molecular formula is C14H16BrNO2. The highest BCUT2D eigenvalue weighted by atomic mass is 79.9. The monoisotopic (exact) mass is 309 g/mol. The van der Waals surface area contributed by atoms with Gasteiger partial charge in [-0.15, -0.1) is 0 Å². The minimum atomic E-state index is -0.0925. The minimum Gasteiger partial charge on any atom is -0.453 e. The summed E-state index contributed by atoms with van der Waals surface area (Å²) in [6.07, 6.45) is 0. The molecule has 0 aliphatic rings. The van der Waals surface area contributed by atoms with Crippen molar-refractivity contribution in [2.24, 2.45) is 0 Å². The van der Waals surface area contributed by atoms with Crippen molar-refractivity contribution in [2.75, 3.05) is 6.61 Å². The van der Waals surface area contributed by atoms with Crippen LogP contribution in [-0.2, 0) is 0 Å². The van der Waals surface area contributed by atoms with Crippen LogP contribution in [0.3, 0.4) is 0 Å². The fourth-order valence-corrected chi connectivity index (χ4v) is 2.20. The maximum absolute atomic E-state index is 9.48. The van der Waals surface area contributed by atoms with E-state index in [0.29, 0.717) is 4.67 Å². The zero-order valence-corrected chi connectivity index (χ0v) is 11.7. The molecule has 2 aromatic rings. The van der Waals surface area contributed by atoms with Crippen LogP contribution < -0.4 is 5.32 Å². The molecule has 0 saturated heterocycles. The van der Waals surface area contributed by atoms with E-state index in [1.165, 1.54) is 0 Å². The summed E-state index contributed by atoms with van der Waals surface area (Å²) in [7, 11) is 0. The van der Waals surface area contributed by atoms with Crippen molar-refractivity contribution in [3.05, 3.63) is 58.5 Å². The largest absolute Gasteiger partial charge is 0.453 e. The second kappa shape index (κ2) is 6.18. The predicted octanol–water partition coefficient (Wildman–Crippen LogP) is 3.43. The van der Waals surface area contributed by atoms with E-state index >= 15 is 0 Å². The summed E-state index contributed by atoms with van der Waals surface area (Å²) in [5.41, 5.74) is 1.07. The molecule has 18 heavy (non-hydrogen) atoms. The van der Waals surface area contributed by atoms with E-state index in [1.54, 1.807) is 0 Å². The van der Waals surface area contributed by atoms with Gasteiger partial charge in [0.1, 0.15) is 5.76 Å². The molecule has 0 aliphatic carbocycles. The van der Waals surface area contributed by atoms with Crippen LogP contribution in [0.2, 0.25) is 0 Å². The fraction of sp³-hybridized carbons (Fsp3) is 0.286. The Bertz CT molecular complexity index is 484. The molecule has 1 unspecified atom stereocenters. The summed E-state index contributed by atoms with van der Waals surface area (Å²) in [5.74, 6) is 0.844. The van der Waals surface area contributed by atoms with E-state index in [9.17, 15) is 5.11 Å². The number of aliphatic hydroxyl groups excluding tert-OH is 1. The van der Waals surface area contributed by atoms with Gasteiger partial charge in [0.2, 0.25) is 0 Å². The van der Waals surface area contributed by atoms with Crippen molar-refractivity contribution in [1.82, 2.24) is 5.32 Å². The van der Waals surface area contributed by atoms with Crippen molar-refractivity contribution >= 4 is 15.9 Å². The van der Waals surface area contributed by atoms with Crippen molar-refractivity contribution in [3.63, 3.8) is 0 Å². The molecule has 1 heterocycles. The van der Waals surface area contributed by atoms with Gasteiger partial charge in [-0.1, -0.05) is 30.3 Å². The average molecular weight is 310 g/mol. The molecule has 2 atom stereocenters. The van der Waals surface area contributed by atoms with Crippen LogP contribution in [0.4, 0.5) is 0 Å². The quantitative estimate of drug-likeness (QED) is 0.889. The van der Waals surface area contributed by atoms with Crippen LogP contribution in [0.15, 0.2) is 51.6 Å². The van der Waals surface area contributed by atoms with Gasteiger partial charge in [-0.25, -0.2) is 0 Å². The van der Waals surface area contributed by atoms with Gasteiger partial charge in [0.15, 0.2) is 4.67 Å². The fourth-order valence-electron chi connectivity index (χ4n) is 1.88. The molecule has 0 aliphatic heterocycles. The van der Waals surface area contributed by atoms with Gasteiger partial charge in [-0.3, -0.25) is 5.32 Å². The first-order valence-electron chi connectivity index (χ1n) is 5.88. The lowest BCUT2D eigenvalue weighted by atomic mass is 10.1. The second-order valence-corrected chi connectivity index (χ2v) is 4.96. The maximum atomic E-state index is 9.48. The van der Waals surface area contributed by atoms with E-state index in [1.807, 2.05) is 49.4 Å². The number of halogens is 1. The van der Waals surface area contributed by atoms with Crippen LogP contribution in [0.5, 0.6) is 0 Å². The van der Waals surface area contributed by atoms with Crippen LogP contribution in [0, 0.1) is 0 Å². The molecule has 3 nitrogen and oxygen atoms in total. The Labute approximate surface area is 115 Å². The summed E-state index contributed by atoms with van der Waals surface area (Å²) >= 11 is 3.28. The number of nitrogens with one attached hydrogen (secondary N) is 1. The van der Waals surface area contributed by atoms with Crippen molar-refractivity contribution < 1.29 is 9.52 Å². The Balaban J connectivity index is 2.07. The first-order valence-corrected chi connectivity index (χ1v) is 6.67. The third-order valence-corrected chi connectivity index (χ3v) is 3.28. The molecule has 4 heteroatoms. The molecular weight excluding hydrogens is 294 g/mol. The Morgan fingerprint density at radius 1 is 1.22 bits per heavy atom. The highest BCUT2D eigenvalue weighted by Crippen LogP contribution is 2.23. The molecule has 0 fully saturated rings. The van der Waals surface area contributed by atoms with Gasteiger partial charge in [0.05, 0.1) is 18.7 Å². The molecule has 1 aromatic carbocycles. The summed E-state index contributed by atoms with van der Waals surface area (Å²) in [5, 5.41) is 12.8. The number of aliphatic hydroxyl groups is 1. The van der Waals surface area contributed by atoms with Gasteiger partial charge < -0.3 is 9.52 Å². The Kier molecular flexibility index (Phi) is 4.58. The van der Waals surface area contributed by atoms with Crippen LogP contribution >= 0.6 is 15.9 Å². The molecule has 2 rings (SSSR count). The zero-order valence-electron chi connectivity index (χ0n) is 10.1. The minimum absolute atomic E-state index is 0.0358. The molecule has 2 N–H and O–H groups in total. The Hall–Kier alpha value is -1.10. The highest BCUT2D eigenvalue weighted by Gasteiger charge is 2.16. The molecule has 1 aromatic heterocycles. The summed E-state index contributed by atoms with van der Waals surface area (Å²) in [6, 6.07) is 13.6. The summed E-state index contributed by atoms with van der Waals surface area (Å²) < 4.78 is 6.21. The van der Waals surface area contributed by atoms with Gasteiger partial charge in [-0.05, 0) is 40.5 Å². The lowest BCUT2D eigenvalue weighted by Crippen LogP contribution is -2.27. The van der Waals surface area contributed by atoms with Gasteiger partial charge >= 0.3 is 0 Å². The van der Waals surface area contributed by atoms with Crippen molar-refractivity contribution in [1.29, 1.82) is 0 Å². The predicted molar refractivity (Wildman–Crippen MR) is 74.2 cm³/mol. The number of rotatable bonds is 5. The maximum Gasteiger partial charge on any atom is 0.169 e. The SMILES string of the molecule is CC(N[C@@H](CO)c1ccccc1)c1ccc(Br)o1. The standard InChI is InChI=1S/C14H16BrNO2/c1-10(13-7-8-14(15)18-13)16-12(9-17)11-5-3-2-4-6-11/h2-8,10,12,16-17H,9H2,1H3/t10?,12-/m0/s1. The lowest BCUT2D eigenvalue weighted by molar-refractivity contribution is 0.230. The second-order valence-electron chi connectivity index (χ2n) is 4.18. The van der Waals surface area contributed by atoms with E-state index < -0.39 is 0 Å². The third kappa shape index (κ3) is 3.22. The number of hydrogen-bond acceptors (Lipinski definition) is 3. The van der Waals surface area contributed by atoms with Gasteiger partial charge in [-0.2, -0.15) is 0 Å².